The molecule has 1 aromatic carbocycles. The van der Waals surface area contributed by atoms with Crippen LogP contribution in [0.4, 0.5) is 4.79 Å². The van der Waals surface area contributed by atoms with E-state index in [9.17, 15) is 15.0 Å². The standard InChI is InChI=1S/C13H19NO4S/c1-3-18-13(17)14-11(8-15)12(16)9-4-6-10(19-2)7-5-9/h4-7,11-12,15-16H,3,8H2,1-2H3,(H,14,17). The highest BCUT2D eigenvalue weighted by molar-refractivity contribution is 7.98. The quantitative estimate of drug-likeness (QED) is 0.691. The Morgan fingerprint density at radius 3 is 2.53 bits per heavy atom. The van der Waals surface area contributed by atoms with Crippen LogP contribution in [0.5, 0.6) is 0 Å². The van der Waals surface area contributed by atoms with Gasteiger partial charge in [0.15, 0.2) is 0 Å². The van der Waals surface area contributed by atoms with Crippen LogP contribution >= 0.6 is 11.8 Å². The third kappa shape index (κ3) is 4.74. The minimum absolute atomic E-state index is 0.239. The summed E-state index contributed by atoms with van der Waals surface area (Å²) in [6, 6.07) is 6.50. The number of hydrogen-bond donors (Lipinski definition) is 3. The fourth-order valence-electron chi connectivity index (χ4n) is 1.58. The normalized spacial score (nSPS) is 13.7. The highest BCUT2D eigenvalue weighted by Crippen LogP contribution is 2.21. The zero-order chi connectivity index (χ0) is 14.3. The van der Waals surface area contributed by atoms with Gasteiger partial charge in [0, 0.05) is 4.90 Å². The Morgan fingerprint density at radius 2 is 2.05 bits per heavy atom. The van der Waals surface area contributed by atoms with E-state index in [1.165, 1.54) is 0 Å². The molecule has 6 heteroatoms. The number of amides is 1. The van der Waals surface area contributed by atoms with E-state index in [1.54, 1.807) is 30.8 Å². The first kappa shape index (κ1) is 15.8. The molecule has 1 amide bonds. The second-order valence-electron chi connectivity index (χ2n) is 3.87. The Bertz CT molecular complexity index is 396. The van der Waals surface area contributed by atoms with E-state index >= 15 is 0 Å². The number of ether oxygens (including phenoxy) is 1. The summed E-state index contributed by atoms with van der Waals surface area (Å²) in [5.41, 5.74) is 0.633. The molecule has 19 heavy (non-hydrogen) atoms. The molecule has 0 saturated carbocycles. The molecule has 0 fully saturated rings. The maximum absolute atomic E-state index is 11.3. The molecular formula is C13H19NO4S. The second kappa shape index (κ2) is 8.04. The number of alkyl carbamates (subject to hydrolysis) is 1. The first-order valence-corrected chi connectivity index (χ1v) is 7.21. The molecule has 0 saturated heterocycles. The van der Waals surface area contributed by atoms with Gasteiger partial charge in [-0.25, -0.2) is 4.79 Å². The molecule has 0 bridgehead atoms. The van der Waals surface area contributed by atoms with Gasteiger partial charge in [-0.1, -0.05) is 12.1 Å². The highest BCUT2D eigenvalue weighted by atomic mass is 32.2. The number of benzene rings is 1. The van der Waals surface area contributed by atoms with Crippen molar-refractivity contribution in [3.05, 3.63) is 29.8 Å². The Labute approximate surface area is 117 Å². The number of carbonyl (C=O) groups excluding carboxylic acids is 1. The first-order chi connectivity index (χ1) is 9.12. The van der Waals surface area contributed by atoms with Gasteiger partial charge in [0.1, 0.15) is 6.10 Å². The summed E-state index contributed by atoms with van der Waals surface area (Å²) in [5, 5.41) is 21.8. The Morgan fingerprint density at radius 1 is 1.42 bits per heavy atom. The predicted octanol–water partition coefficient (Wildman–Crippen LogP) is 1.55. The second-order valence-corrected chi connectivity index (χ2v) is 4.75. The van der Waals surface area contributed by atoms with Crippen LogP contribution in [-0.4, -0.2) is 41.8 Å². The van der Waals surface area contributed by atoms with Crippen molar-refractivity contribution in [3.8, 4) is 0 Å². The summed E-state index contributed by atoms with van der Waals surface area (Å²) in [6.07, 6.45) is 0.330. The lowest BCUT2D eigenvalue weighted by Crippen LogP contribution is -2.42. The average molecular weight is 285 g/mol. The summed E-state index contributed by atoms with van der Waals surface area (Å²) in [6.45, 7) is 1.55. The number of aliphatic hydroxyl groups excluding tert-OH is 2. The Kier molecular flexibility index (Phi) is 6.69. The summed E-state index contributed by atoms with van der Waals surface area (Å²) in [4.78, 5) is 12.4. The lowest BCUT2D eigenvalue weighted by molar-refractivity contribution is 0.0794. The molecule has 0 spiro atoms. The molecular weight excluding hydrogens is 266 g/mol. The van der Waals surface area contributed by atoms with Crippen molar-refractivity contribution >= 4 is 17.9 Å². The monoisotopic (exact) mass is 285 g/mol. The van der Waals surface area contributed by atoms with E-state index in [1.807, 2.05) is 18.4 Å². The van der Waals surface area contributed by atoms with Gasteiger partial charge < -0.3 is 20.3 Å². The number of aliphatic hydroxyl groups is 2. The first-order valence-electron chi connectivity index (χ1n) is 5.98. The van der Waals surface area contributed by atoms with E-state index in [0.29, 0.717) is 5.56 Å². The molecule has 5 nitrogen and oxygen atoms in total. The van der Waals surface area contributed by atoms with Gasteiger partial charge >= 0.3 is 6.09 Å². The van der Waals surface area contributed by atoms with Gasteiger partial charge in [0.25, 0.3) is 0 Å². The van der Waals surface area contributed by atoms with Crippen molar-refractivity contribution in [2.24, 2.45) is 0 Å². The molecule has 0 aliphatic heterocycles. The van der Waals surface area contributed by atoms with Crippen molar-refractivity contribution in [3.63, 3.8) is 0 Å². The summed E-state index contributed by atoms with van der Waals surface area (Å²) < 4.78 is 4.72. The fourth-order valence-corrected chi connectivity index (χ4v) is 1.99. The minimum Gasteiger partial charge on any atom is -0.450 e. The van der Waals surface area contributed by atoms with Crippen LogP contribution in [0.15, 0.2) is 29.2 Å². The van der Waals surface area contributed by atoms with Crippen LogP contribution in [0.1, 0.15) is 18.6 Å². The van der Waals surface area contributed by atoms with Gasteiger partial charge in [-0.3, -0.25) is 0 Å². The number of nitrogens with one attached hydrogen (secondary N) is 1. The van der Waals surface area contributed by atoms with Crippen LogP contribution in [0, 0.1) is 0 Å². The fraction of sp³-hybridized carbons (Fsp3) is 0.462. The minimum atomic E-state index is -0.981. The maximum Gasteiger partial charge on any atom is 0.407 e. The number of carbonyl (C=O) groups is 1. The molecule has 0 heterocycles. The van der Waals surface area contributed by atoms with Crippen LogP contribution in [0.3, 0.4) is 0 Å². The number of hydrogen-bond acceptors (Lipinski definition) is 5. The smallest absolute Gasteiger partial charge is 0.407 e. The van der Waals surface area contributed by atoms with E-state index in [2.05, 4.69) is 5.32 Å². The zero-order valence-corrected chi connectivity index (χ0v) is 11.8. The van der Waals surface area contributed by atoms with E-state index in [4.69, 9.17) is 4.74 Å². The van der Waals surface area contributed by atoms with Gasteiger partial charge in [-0.05, 0) is 30.9 Å². The molecule has 3 N–H and O–H groups in total. The summed E-state index contributed by atoms with van der Waals surface area (Å²) in [5.74, 6) is 0. The molecule has 2 atom stereocenters. The van der Waals surface area contributed by atoms with Crippen molar-refractivity contribution in [1.82, 2.24) is 5.32 Å². The summed E-state index contributed by atoms with van der Waals surface area (Å²) >= 11 is 1.60. The molecule has 106 valence electrons. The van der Waals surface area contributed by atoms with E-state index < -0.39 is 18.2 Å². The van der Waals surface area contributed by atoms with Crippen molar-refractivity contribution < 1.29 is 19.7 Å². The third-order valence-corrected chi connectivity index (χ3v) is 3.36. The third-order valence-electron chi connectivity index (χ3n) is 2.61. The number of thioether (sulfide) groups is 1. The lowest BCUT2D eigenvalue weighted by atomic mass is 10.0. The largest absolute Gasteiger partial charge is 0.450 e. The van der Waals surface area contributed by atoms with Crippen LogP contribution in [0.2, 0.25) is 0 Å². The van der Waals surface area contributed by atoms with Crippen molar-refractivity contribution in [2.75, 3.05) is 19.5 Å². The SMILES string of the molecule is CCOC(=O)NC(CO)C(O)c1ccc(SC)cc1. The van der Waals surface area contributed by atoms with Crippen LogP contribution in [0.25, 0.3) is 0 Å². The molecule has 0 aliphatic carbocycles. The highest BCUT2D eigenvalue weighted by Gasteiger charge is 2.22. The topological polar surface area (TPSA) is 78.8 Å². The van der Waals surface area contributed by atoms with Crippen molar-refractivity contribution in [2.45, 2.75) is 24.0 Å². The predicted molar refractivity (Wildman–Crippen MR) is 74.2 cm³/mol. The zero-order valence-electron chi connectivity index (χ0n) is 11.0. The van der Waals surface area contributed by atoms with Gasteiger partial charge in [0.05, 0.1) is 19.3 Å². The van der Waals surface area contributed by atoms with E-state index in [-0.39, 0.29) is 13.2 Å². The lowest BCUT2D eigenvalue weighted by Gasteiger charge is -2.22. The summed E-state index contributed by atoms with van der Waals surface area (Å²) in [7, 11) is 0. The Hall–Kier alpha value is -1.24. The van der Waals surface area contributed by atoms with Crippen LogP contribution in [-0.2, 0) is 4.74 Å². The molecule has 0 aromatic heterocycles. The van der Waals surface area contributed by atoms with Crippen LogP contribution < -0.4 is 5.32 Å². The molecule has 2 unspecified atom stereocenters. The van der Waals surface area contributed by atoms with Gasteiger partial charge in [0.2, 0.25) is 0 Å². The molecule has 1 aromatic rings. The number of rotatable bonds is 6. The molecule has 0 aliphatic rings. The van der Waals surface area contributed by atoms with Gasteiger partial charge in [-0.2, -0.15) is 0 Å². The van der Waals surface area contributed by atoms with Gasteiger partial charge in [-0.15, -0.1) is 11.8 Å². The Balaban J connectivity index is 2.70. The molecule has 0 radical (unpaired) electrons. The molecule has 1 rings (SSSR count). The maximum atomic E-state index is 11.3. The van der Waals surface area contributed by atoms with E-state index in [0.717, 1.165) is 4.90 Å². The average Bonchev–Trinajstić information content (AvgIpc) is 2.44. The van der Waals surface area contributed by atoms with Crippen molar-refractivity contribution in [1.29, 1.82) is 0 Å².